The Kier molecular flexibility index (Phi) is 3.96. The minimum atomic E-state index is -0.380. The van der Waals surface area contributed by atoms with E-state index in [2.05, 4.69) is 21.7 Å². The Bertz CT molecular complexity index is 570. The van der Waals surface area contributed by atoms with Gasteiger partial charge in [-0.05, 0) is 12.5 Å². The zero-order valence-corrected chi connectivity index (χ0v) is 10.8. The average Bonchev–Trinajstić information content (AvgIpc) is 2.78. The second-order valence-electron chi connectivity index (χ2n) is 3.57. The number of hydrogen-bond acceptors (Lipinski definition) is 5. The molecule has 2 N–H and O–H groups in total. The molecular weight excluding hydrogens is 275 g/mol. The summed E-state index contributed by atoms with van der Waals surface area (Å²) in [5.74, 6) is 0.601. The predicted octanol–water partition coefficient (Wildman–Crippen LogP) is 3.01. The molecule has 2 rings (SSSR count). The van der Waals surface area contributed by atoms with E-state index in [1.165, 1.54) is 6.20 Å². The van der Waals surface area contributed by atoms with Crippen molar-refractivity contribution >= 4 is 23.2 Å². The van der Waals surface area contributed by atoms with Gasteiger partial charge in [0, 0.05) is 6.20 Å². The summed E-state index contributed by atoms with van der Waals surface area (Å²) < 4.78 is 5.05. The van der Waals surface area contributed by atoms with E-state index in [0.717, 1.165) is 0 Å². The summed E-state index contributed by atoms with van der Waals surface area (Å²) in [5, 5.41) is 4.58. The van der Waals surface area contributed by atoms with Crippen molar-refractivity contribution in [1.82, 2.24) is 15.1 Å². The third kappa shape index (κ3) is 2.69. The summed E-state index contributed by atoms with van der Waals surface area (Å²) in [7, 11) is 0. The zero-order chi connectivity index (χ0) is 13.1. The first kappa shape index (κ1) is 13.0. The maximum Gasteiger partial charge on any atom is 0.244 e. The summed E-state index contributed by atoms with van der Waals surface area (Å²) in [6, 6.07) is 1.18. The van der Waals surface area contributed by atoms with Gasteiger partial charge in [0.2, 0.25) is 11.7 Å². The second kappa shape index (κ2) is 5.48. The minimum absolute atomic E-state index is 0.283. The molecule has 1 atom stereocenters. The smallest absolute Gasteiger partial charge is 0.244 e. The van der Waals surface area contributed by atoms with Crippen LogP contribution < -0.4 is 5.73 Å². The Labute approximate surface area is 114 Å². The molecule has 1 unspecified atom stereocenters. The fourth-order valence-electron chi connectivity index (χ4n) is 1.34. The lowest BCUT2D eigenvalue weighted by Gasteiger charge is -2.00. The van der Waals surface area contributed by atoms with Gasteiger partial charge in [-0.1, -0.05) is 34.4 Å². The molecule has 0 spiro atoms. The molecular formula is C11H10Cl2N4O. The van der Waals surface area contributed by atoms with Crippen LogP contribution in [0.3, 0.4) is 0 Å². The summed E-state index contributed by atoms with van der Waals surface area (Å²) >= 11 is 11.8. The summed E-state index contributed by atoms with van der Waals surface area (Å²) in [6.07, 6.45) is 3.69. The fourth-order valence-corrected chi connectivity index (χ4v) is 1.81. The van der Waals surface area contributed by atoms with Gasteiger partial charge in [-0.3, -0.25) is 0 Å². The number of nitrogens with zero attached hydrogens (tertiary/aromatic N) is 3. The highest BCUT2D eigenvalue weighted by Crippen LogP contribution is 2.26. The van der Waals surface area contributed by atoms with Crippen LogP contribution in [0.15, 0.2) is 29.4 Å². The highest BCUT2D eigenvalue weighted by Gasteiger charge is 2.17. The molecule has 0 radical (unpaired) electrons. The van der Waals surface area contributed by atoms with Crippen molar-refractivity contribution in [2.45, 2.75) is 12.5 Å². The molecule has 0 amide bonds. The van der Waals surface area contributed by atoms with Crippen LogP contribution in [0, 0.1) is 0 Å². The molecule has 0 aliphatic carbocycles. The standard InChI is InChI=1S/C11H10Cl2N4O/c1-2-3-8(14)11-16-10(17-18-11)9-7(13)4-6(12)5-15-9/h2,4-5,8H,1,3,14H2. The highest BCUT2D eigenvalue weighted by molar-refractivity contribution is 6.35. The molecule has 0 bridgehead atoms. The molecule has 2 heterocycles. The zero-order valence-electron chi connectivity index (χ0n) is 9.31. The van der Waals surface area contributed by atoms with Gasteiger partial charge in [0.1, 0.15) is 5.69 Å². The van der Waals surface area contributed by atoms with E-state index >= 15 is 0 Å². The van der Waals surface area contributed by atoms with E-state index in [-0.39, 0.29) is 11.9 Å². The number of nitrogens with two attached hydrogens (primary N) is 1. The molecule has 0 fully saturated rings. The van der Waals surface area contributed by atoms with E-state index in [1.54, 1.807) is 12.1 Å². The number of pyridine rings is 1. The molecule has 0 saturated carbocycles. The Morgan fingerprint density at radius 2 is 2.28 bits per heavy atom. The molecule has 2 aromatic rings. The number of halogens is 2. The molecule has 0 aromatic carbocycles. The van der Waals surface area contributed by atoms with Crippen LogP contribution in [0.2, 0.25) is 10.0 Å². The topological polar surface area (TPSA) is 77.8 Å². The van der Waals surface area contributed by atoms with Crippen molar-refractivity contribution in [3.05, 3.63) is 40.9 Å². The van der Waals surface area contributed by atoms with E-state index in [0.29, 0.717) is 28.1 Å². The molecule has 2 aromatic heterocycles. The maximum atomic E-state index is 6.00. The van der Waals surface area contributed by atoms with Crippen LogP contribution in [0.4, 0.5) is 0 Å². The molecule has 5 nitrogen and oxygen atoms in total. The highest BCUT2D eigenvalue weighted by atomic mass is 35.5. The van der Waals surface area contributed by atoms with Crippen molar-refractivity contribution in [3.63, 3.8) is 0 Å². The van der Waals surface area contributed by atoms with Crippen LogP contribution in [0.1, 0.15) is 18.4 Å². The molecule has 18 heavy (non-hydrogen) atoms. The lowest BCUT2D eigenvalue weighted by atomic mass is 10.2. The quantitative estimate of drug-likeness (QED) is 0.873. The minimum Gasteiger partial charge on any atom is -0.337 e. The van der Waals surface area contributed by atoms with Gasteiger partial charge >= 0.3 is 0 Å². The van der Waals surface area contributed by atoms with Gasteiger partial charge in [-0.2, -0.15) is 4.98 Å². The summed E-state index contributed by atoms with van der Waals surface area (Å²) in [6.45, 7) is 3.60. The van der Waals surface area contributed by atoms with Crippen LogP contribution in [0.5, 0.6) is 0 Å². The third-order valence-electron chi connectivity index (χ3n) is 2.20. The van der Waals surface area contributed by atoms with Crippen molar-refractivity contribution in [2.75, 3.05) is 0 Å². The lowest BCUT2D eigenvalue weighted by Crippen LogP contribution is -2.09. The molecule has 0 aliphatic rings. The first-order chi connectivity index (χ1) is 8.61. The normalized spacial score (nSPS) is 12.4. The first-order valence-electron chi connectivity index (χ1n) is 5.13. The number of aromatic nitrogens is 3. The van der Waals surface area contributed by atoms with Crippen LogP contribution in [-0.2, 0) is 0 Å². The van der Waals surface area contributed by atoms with Gasteiger partial charge in [-0.15, -0.1) is 6.58 Å². The summed E-state index contributed by atoms with van der Waals surface area (Å²) in [5.41, 5.74) is 6.22. The van der Waals surface area contributed by atoms with E-state index in [4.69, 9.17) is 33.5 Å². The number of rotatable bonds is 4. The Hall–Kier alpha value is -1.43. The van der Waals surface area contributed by atoms with E-state index < -0.39 is 0 Å². The fraction of sp³-hybridized carbons (Fsp3) is 0.182. The van der Waals surface area contributed by atoms with Gasteiger partial charge < -0.3 is 10.3 Å². The summed E-state index contributed by atoms with van der Waals surface area (Å²) in [4.78, 5) is 8.21. The lowest BCUT2D eigenvalue weighted by molar-refractivity contribution is 0.355. The van der Waals surface area contributed by atoms with Crippen molar-refractivity contribution in [2.24, 2.45) is 5.73 Å². The van der Waals surface area contributed by atoms with Gasteiger partial charge in [0.15, 0.2) is 0 Å². The molecule has 0 saturated heterocycles. The van der Waals surface area contributed by atoms with E-state index in [1.807, 2.05) is 0 Å². The predicted molar refractivity (Wildman–Crippen MR) is 69.3 cm³/mol. The van der Waals surface area contributed by atoms with Crippen LogP contribution >= 0.6 is 23.2 Å². The van der Waals surface area contributed by atoms with Gasteiger partial charge in [0.25, 0.3) is 0 Å². The van der Waals surface area contributed by atoms with Crippen LogP contribution in [-0.4, -0.2) is 15.1 Å². The molecule has 0 aliphatic heterocycles. The van der Waals surface area contributed by atoms with Gasteiger partial charge in [0.05, 0.1) is 16.1 Å². The van der Waals surface area contributed by atoms with Crippen molar-refractivity contribution < 1.29 is 4.52 Å². The third-order valence-corrected chi connectivity index (χ3v) is 2.69. The van der Waals surface area contributed by atoms with Crippen LogP contribution in [0.25, 0.3) is 11.5 Å². The van der Waals surface area contributed by atoms with E-state index in [9.17, 15) is 0 Å². The SMILES string of the molecule is C=CCC(N)c1nc(-c2ncc(Cl)cc2Cl)no1. The Morgan fingerprint density at radius 1 is 1.50 bits per heavy atom. The number of hydrogen-bond donors (Lipinski definition) is 1. The molecule has 94 valence electrons. The Balaban J connectivity index is 2.32. The molecule has 7 heteroatoms. The largest absolute Gasteiger partial charge is 0.337 e. The first-order valence-corrected chi connectivity index (χ1v) is 5.89. The maximum absolute atomic E-state index is 6.00. The second-order valence-corrected chi connectivity index (χ2v) is 4.41. The van der Waals surface area contributed by atoms with Crippen molar-refractivity contribution in [3.8, 4) is 11.5 Å². The van der Waals surface area contributed by atoms with Crippen molar-refractivity contribution in [1.29, 1.82) is 0 Å². The Morgan fingerprint density at radius 3 is 2.94 bits per heavy atom. The monoisotopic (exact) mass is 284 g/mol. The van der Waals surface area contributed by atoms with Gasteiger partial charge in [-0.25, -0.2) is 4.98 Å². The average molecular weight is 285 g/mol.